The molecule has 27 heavy (non-hydrogen) atoms. The molecule has 0 bridgehead atoms. The van der Waals surface area contributed by atoms with Gasteiger partial charge in [0.25, 0.3) is 0 Å². The third-order valence-corrected chi connectivity index (χ3v) is 6.35. The van der Waals surface area contributed by atoms with E-state index in [0.717, 1.165) is 42.4 Å². The van der Waals surface area contributed by atoms with E-state index in [1.54, 1.807) is 17.5 Å². The number of hydrogen-bond acceptors (Lipinski definition) is 4. The molecule has 1 saturated heterocycles. The Bertz CT molecular complexity index is 944. The van der Waals surface area contributed by atoms with E-state index in [9.17, 15) is 4.79 Å². The molecule has 0 spiro atoms. The Kier molecular flexibility index (Phi) is 4.76. The molecule has 0 aliphatic carbocycles. The number of amides is 1. The fourth-order valence-electron chi connectivity index (χ4n) is 3.58. The van der Waals surface area contributed by atoms with E-state index < -0.39 is 0 Å². The SMILES string of the molecule is CC(C)(C)c1csc(C2CCN(C(=O)Cc3ccc4[nH]ncc4c3)CC2)n1. The fraction of sp³-hybridized carbons (Fsp3) is 0.476. The van der Waals surface area contributed by atoms with E-state index in [1.165, 1.54) is 10.7 Å². The Balaban J connectivity index is 1.35. The van der Waals surface area contributed by atoms with E-state index in [4.69, 9.17) is 4.98 Å². The summed E-state index contributed by atoms with van der Waals surface area (Å²) in [5, 5.41) is 11.5. The number of nitrogens with one attached hydrogen (secondary N) is 1. The lowest BCUT2D eigenvalue weighted by Gasteiger charge is -2.31. The predicted octanol–water partition coefficient (Wildman–Crippen LogP) is 4.27. The van der Waals surface area contributed by atoms with E-state index in [-0.39, 0.29) is 11.3 Å². The van der Waals surface area contributed by atoms with Crippen LogP contribution in [0.25, 0.3) is 10.9 Å². The fourth-order valence-corrected chi connectivity index (χ4v) is 4.80. The van der Waals surface area contributed by atoms with E-state index in [1.807, 2.05) is 23.1 Å². The van der Waals surface area contributed by atoms with E-state index in [0.29, 0.717) is 12.3 Å². The minimum atomic E-state index is 0.0987. The van der Waals surface area contributed by atoms with Gasteiger partial charge in [-0.1, -0.05) is 26.8 Å². The van der Waals surface area contributed by atoms with Crippen LogP contribution in [0.2, 0.25) is 0 Å². The minimum absolute atomic E-state index is 0.0987. The summed E-state index contributed by atoms with van der Waals surface area (Å²) >= 11 is 1.77. The summed E-state index contributed by atoms with van der Waals surface area (Å²) in [5.74, 6) is 0.697. The highest BCUT2D eigenvalue weighted by Crippen LogP contribution is 2.33. The van der Waals surface area contributed by atoms with Gasteiger partial charge in [-0.3, -0.25) is 9.89 Å². The quantitative estimate of drug-likeness (QED) is 0.736. The van der Waals surface area contributed by atoms with Crippen LogP contribution in [0.5, 0.6) is 0 Å². The molecule has 4 rings (SSSR count). The maximum absolute atomic E-state index is 12.7. The number of fused-ring (bicyclic) bond motifs is 1. The first kappa shape index (κ1) is 18.2. The Morgan fingerprint density at radius 1 is 1.30 bits per heavy atom. The summed E-state index contributed by atoms with van der Waals surface area (Å²) in [6.07, 6.45) is 4.26. The molecule has 142 valence electrons. The lowest BCUT2D eigenvalue weighted by atomic mass is 9.93. The Labute approximate surface area is 163 Å². The first-order chi connectivity index (χ1) is 12.9. The molecule has 3 aromatic rings. The first-order valence-electron chi connectivity index (χ1n) is 9.56. The number of likely N-dealkylation sites (tertiary alicyclic amines) is 1. The molecule has 1 aromatic carbocycles. The third kappa shape index (κ3) is 3.90. The van der Waals surface area contributed by atoms with Crippen LogP contribution in [-0.4, -0.2) is 39.1 Å². The van der Waals surface area contributed by atoms with Crippen LogP contribution in [-0.2, 0) is 16.6 Å². The third-order valence-electron chi connectivity index (χ3n) is 5.35. The zero-order valence-corrected chi connectivity index (χ0v) is 17.0. The molecular formula is C21H26N4OS. The Morgan fingerprint density at radius 3 is 2.78 bits per heavy atom. The molecule has 0 radical (unpaired) electrons. The highest BCUT2D eigenvalue weighted by Gasteiger charge is 2.27. The lowest BCUT2D eigenvalue weighted by Crippen LogP contribution is -2.38. The van der Waals surface area contributed by atoms with Crippen molar-refractivity contribution in [3.05, 3.63) is 46.0 Å². The number of aromatic amines is 1. The van der Waals surface area contributed by atoms with Crippen LogP contribution in [0.15, 0.2) is 29.8 Å². The molecule has 0 saturated carbocycles. The van der Waals surface area contributed by atoms with Gasteiger partial charge in [-0.25, -0.2) is 4.98 Å². The van der Waals surface area contributed by atoms with Gasteiger partial charge < -0.3 is 4.90 Å². The summed E-state index contributed by atoms with van der Waals surface area (Å²) in [5.41, 5.74) is 3.33. The number of rotatable bonds is 3. The van der Waals surface area contributed by atoms with Crippen molar-refractivity contribution < 1.29 is 4.79 Å². The second-order valence-electron chi connectivity index (χ2n) is 8.44. The molecule has 0 unspecified atom stereocenters. The topological polar surface area (TPSA) is 61.9 Å². The molecule has 1 aliphatic heterocycles. The van der Waals surface area contributed by atoms with Crippen LogP contribution in [0.4, 0.5) is 0 Å². The van der Waals surface area contributed by atoms with Crippen LogP contribution >= 0.6 is 11.3 Å². The van der Waals surface area contributed by atoms with Crippen molar-refractivity contribution in [3.8, 4) is 0 Å². The minimum Gasteiger partial charge on any atom is -0.342 e. The molecule has 3 heterocycles. The maximum Gasteiger partial charge on any atom is 0.226 e. The molecule has 5 nitrogen and oxygen atoms in total. The summed E-state index contributed by atoms with van der Waals surface area (Å²) in [7, 11) is 0. The monoisotopic (exact) mass is 382 g/mol. The van der Waals surface area contributed by atoms with Crippen LogP contribution in [0.3, 0.4) is 0 Å². The Morgan fingerprint density at radius 2 is 2.07 bits per heavy atom. The summed E-state index contributed by atoms with van der Waals surface area (Å²) in [4.78, 5) is 19.6. The maximum atomic E-state index is 12.7. The van der Waals surface area contributed by atoms with Crippen molar-refractivity contribution in [1.82, 2.24) is 20.1 Å². The molecule has 1 fully saturated rings. The highest BCUT2D eigenvalue weighted by molar-refractivity contribution is 7.09. The molecular weight excluding hydrogens is 356 g/mol. The van der Waals surface area contributed by atoms with Crippen LogP contribution in [0, 0.1) is 0 Å². The number of thiazole rings is 1. The van der Waals surface area contributed by atoms with Gasteiger partial charge in [0.1, 0.15) is 0 Å². The van der Waals surface area contributed by atoms with Crippen molar-refractivity contribution in [2.24, 2.45) is 0 Å². The number of aromatic nitrogens is 3. The molecule has 1 aliphatic rings. The van der Waals surface area contributed by atoms with Gasteiger partial charge in [0.15, 0.2) is 0 Å². The van der Waals surface area contributed by atoms with Gasteiger partial charge in [0.2, 0.25) is 5.91 Å². The van der Waals surface area contributed by atoms with Gasteiger partial charge in [-0.2, -0.15) is 5.10 Å². The molecule has 1 amide bonds. The summed E-state index contributed by atoms with van der Waals surface area (Å²) in [6, 6.07) is 6.05. The highest BCUT2D eigenvalue weighted by atomic mass is 32.1. The standard InChI is InChI=1S/C21H26N4OS/c1-21(2,3)18-13-27-20(23-18)15-6-8-25(9-7-15)19(26)11-14-4-5-17-16(10-14)12-22-24-17/h4-5,10,12-13,15H,6-9,11H2,1-3H3,(H,22,24). The van der Waals surface area contributed by atoms with Gasteiger partial charge >= 0.3 is 0 Å². The van der Waals surface area contributed by atoms with Crippen LogP contribution < -0.4 is 0 Å². The average Bonchev–Trinajstić information content (AvgIpc) is 3.30. The number of piperidine rings is 1. The van der Waals surface area contributed by atoms with E-state index in [2.05, 4.69) is 36.3 Å². The van der Waals surface area contributed by atoms with Gasteiger partial charge in [0, 0.05) is 35.2 Å². The van der Waals surface area contributed by atoms with Crippen molar-refractivity contribution in [3.63, 3.8) is 0 Å². The molecule has 2 aromatic heterocycles. The smallest absolute Gasteiger partial charge is 0.226 e. The number of hydrogen-bond donors (Lipinski definition) is 1. The van der Waals surface area contributed by atoms with Gasteiger partial charge in [-0.05, 0) is 30.5 Å². The molecule has 0 atom stereocenters. The number of carbonyl (C=O) groups excluding carboxylic acids is 1. The number of carbonyl (C=O) groups is 1. The van der Waals surface area contributed by atoms with Gasteiger partial charge in [0.05, 0.1) is 28.8 Å². The second-order valence-corrected chi connectivity index (χ2v) is 9.33. The van der Waals surface area contributed by atoms with Gasteiger partial charge in [-0.15, -0.1) is 11.3 Å². The number of H-pyrrole nitrogens is 1. The number of nitrogens with zero attached hydrogens (tertiary/aromatic N) is 3. The summed E-state index contributed by atoms with van der Waals surface area (Å²) < 4.78 is 0. The molecule has 1 N–H and O–H groups in total. The second kappa shape index (κ2) is 7.08. The summed E-state index contributed by atoms with van der Waals surface area (Å²) in [6.45, 7) is 8.25. The van der Waals surface area contributed by atoms with Crippen LogP contribution in [0.1, 0.15) is 55.8 Å². The van der Waals surface area contributed by atoms with E-state index >= 15 is 0 Å². The van der Waals surface area contributed by atoms with Crippen molar-refractivity contribution in [2.45, 2.75) is 51.4 Å². The number of benzene rings is 1. The zero-order chi connectivity index (χ0) is 19.0. The van der Waals surface area contributed by atoms with Crippen molar-refractivity contribution in [2.75, 3.05) is 13.1 Å². The van der Waals surface area contributed by atoms with Crippen molar-refractivity contribution in [1.29, 1.82) is 0 Å². The predicted molar refractivity (Wildman–Crippen MR) is 109 cm³/mol. The zero-order valence-electron chi connectivity index (χ0n) is 16.2. The average molecular weight is 383 g/mol. The van der Waals surface area contributed by atoms with Crippen molar-refractivity contribution >= 4 is 28.1 Å². The Hall–Kier alpha value is -2.21. The lowest BCUT2D eigenvalue weighted by molar-refractivity contribution is -0.131. The normalized spacial score (nSPS) is 16.2. The first-order valence-corrected chi connectivity index (χ1v) is 10.4. The largest absolute Gasteiger partial charge is 0.342 e. The molecule has 6 heteroatoms.